The summed E-state index contributed by atoms with van der Waals surface area (Å²) >= 11 is 0. The van der Waals surface area contributed by atoms with Gasteiger partial charge in [-0.1, -0.05) is 26.7 Å². The SMILES string of the molecule is CCC(C)CC(=O)NCC1CCCC(O)C1. The molecule has 0 aromatic heterocycles. The Labute approximate surface area is 98.6 Å². The van der Waals surface area contributed by atoms with Crippen molar-refractivity contribution in [2.24, 2.45) is 11.8 Å². The minimum atomic E-state index is -0.148. The van der Waals surface area contributed by atoms with Crippen LogP contribution in [0.25, 0.3) is 0 Å². The highest BCUT2D eigenvalue weighted by Gasteiger charge is 2.20. The monoisotopic (exact) mass is 227 g/mol. The number of aliphatic hydroxyl groups excluding tert-OH is 1. The van der Waals surface area contributed by atoms with Crippen molar-refractivity contribution >= 4 is 5.91 Å². The molecule has 1 fully saturated rings. The van der Waals surface area contributed by atoms with Crippen LogP contribution in [0.3, 0.4) is 0 Å². The van der Waals surface area contributed by atoms with E-state index >= 15 is 0 Å². The highest BCUT2D eigenvalue weighted by molar-refractivity contribution is 5.76. The van der Waals surface area contributed by atoms with Crippen LogP contribution < -0.4 is 5.32 Å². The third-order valence-electron chi connectivity index (χ3n) is 3.57. The summed E-state index contributed by atoms with van der Waals surface area (Å²) in [4.78, 5) is 11.6. The maximum Gasteiger partial charge on any atom is 0.220 e. The number of hydrogen-bond donors (Lipinski definition) is 2. The molecule has 0 aromatic rings. The third-order valence-corrected chi connectivity index (χ3v) is 3.57. The van der Waals surface area contributed by atoms with E-state index in [9.17, 15) is 9.90 Å². The first-order valence-corrected chi connectivity index (χ1v) is 6.56. The highest BCUT2D eigenvalue weighted by atomic mass is 16.3. The minimum absolute atomic E-state index is 0.148. The number of hydrogen-bond acceptors (Lipinski definition) is 2. The molecule has 0 aromatic carbocycles. The van der Waals surface area contributed by atoms with Crippen molar-refractivity contribution in [3.05, 3.63) is 0 Å². The van der Waals surface area contributed by atoms with E-state index in [2.05, 4.69) is 19.2 Å². The number of nitrogens with one attached hydrogen (secondary N) is 1. The second kappa shape index (κ2) is 6.89. The topological polar surface area (TPSA) is 49.3 Å². The zero-order valence-corrected chi connectivity index (χ0v) is 10.5. The van der Waals surface area contributed by atoms with Gasteiger partial charge in [0, 0.05) is 13.0 Å². The summed E-state index contributed by atoms with van der Waals surface area (Å²) in [6.45, 7) is 4.95. The summed E-state index contributed by atoms with van der Waals surface area (Å²) in [5.74, 6) is 1.11. The lowest BCUT2D eigenvalue weighted by Gasteiger charge is -2.26. The molecule has 1 aliphatic carbocycles. The van der Waals surface area contributed by atoms with Crippen LogP contribution in [0.4, 0.5) is 0 Å². The van der Waals surface area contributed by atoms with Crippen molar-refractivity contribution in [2.45, 2.75) is 58.5 Å². The molecule has 16 heavy (non-hydrogen) atoms. The minimum Gasteiger partial charge on any atom is -0.393 e. The smallest absolute Gasteiger partial charge is 0.220 e. The first kappa shape index (κ1) is 13.5. The molecular weight excluding hydrogens is 202 g/mol. The molecule has 3 heteroatoms. The summed E-state index contributed by atoms with van der Waals surface area (Å²) in [6, 6.07) is 0. The largest absolute Gasteiger partial charge is 0.393 e. The lowest BCUT2D eigenvalue weighted by atomic mass is 9.87. The normalized spacial score (nSPS) is 27.4. The first-order valence-electron chi connectivity index (χ1n) is 6.56. The van der Waals surface area contributed by atoms with Gasteiger partial charge >= 0.3 is 0 Å². The van der Waals surface area contributed by atoms with Crippen LogP contribution in [-0.4, -0.2) is 23.7 Å². The Hall–Kier alpha value is -0.570. The first-order chi connectivity index (χ1) is 7.61. The second-order valence-electron chi connectivity index (χ2n) is 5.21. The van der Waals surface area contributed by atoms with Gasteiger partial charge in [-0.2, -0.15) is 0 Å². The van der Waals surface area contributed by atoms with Crippen LogP contribution in [0.15, 0.2) is 0 Å². The Balaban J connectivity index is 2.15. The molecule has 0 bridgehead atoms. The molecule has 3 nitrogen and oxygen atoms in total. The van der Waals surface area contributed by atoms with Gasteiger partial charge in [0.1, 0.15) is 0 Å². The molecule has 0 spiro atoms. The van der Waals surface area contributed by atoms with Gasteiger partial charge in [-0.05, 0) is 31.1 Å². The number of aliphatic hydroxyl groups is 1. The molecule has 94 valence electrons. The Morgan fingerprint density at radius 1 is 1.50 bits per heavy atom. The van der Waals surface area contributed by atoms with Crippen molar-refractivity contribution < 1.29 is 9.90 Å². The van der Waals surface area contributed by atoms with Gasteiger partial charge in [-0.25, -0.2) is 0 Å². The third kappa shape index (κ3) is 4.97. The molecule has 1 aliphatic rings. The van der Waals surface area contributed by atoms with E-state index in [1.807, 2.05) is 0 Å². The molecule has 2 N–H and O–H groups in total. The molecule has 1 rings (SSSR count). The van der Waals surface area contributed by atoms with Crippen molar-refractivity contribution in [3.63, 3.8) is 0 Å². The Morgan fingerprint density at radius 2 is 2.25 bits per heavy atom. The lowest BCUT2D eigenvalue weighted by Crippen LogP contribution is -2.33. The molecule has 3 unspecified atom stereocenters. The average Bonchev–Trinajstić information content (AvgIpc) is 2.26. The van der Waals surface area contributed by atoms with E-state index in [1.165, 1.54) is 0 Å². The molecular formula is C13H25NO2. The van der Waals surface area contributed by atoms with Gasteiger partial charge in [0.05, 0.1) is 6.10 Å². The van der Waals surface area contributed by atoms with E-state index in [1.54, 1.807) is 0 Å². The predicted octanol–water partition coefficient (Wildman–Crippen LogP) is 2.09. The molecule has 0 radical (unpaired) electrons. The van der Waals surface area contributed by atoms with Crippen LogP contribution in [0.2, 0.25) is 0 Å². The molecule has 0 saturated heterocycles. The number of carbonyl (C=O) groups excluding carboxylic acids is 1. The fourth-order valence-electron chi connectivity index (χ4n) is 2.24. The summed E-state index contributed by atoms with van der Waals surface area (Å²) in [6.07, 6.45) is 5.54. The zero-order valence-electron chi connectivity index (χ0n) is 10.5. The van der Waals surface area contributed by atoms with Crippen molar-refractivity contribution in [3.8, 4) is 0 Å². The van der Waals surface area contributed by atoms with Crippen molar-refractivity contribution in [1.82, 2.24) is 5.32 Å². The summed E-state index contributed by atoms with van der Waals surface area (Å²) in [5.41, 5.74) is 0. The predicted molar refractivity (Wildman–Crippen MR) is 65.0 cm³/mol. The van der Waals surface area contributed by atoms with Gasteiger partial charge in [-0.3, -0.25) is 4.79 Å². The van der Waals surface area contributed by atoms with Crippen LogP contribution in [-0.2, 0) is 4.79 Å². The summed E-state index contributed by atoms with van der Waals surface area (Å²) in [7, 11) is 0. The van der Waals surface area contributed by atoms with E-state index < -0.39 is 0 Å². The maximum absolute atomic E-state index is 11.6. The van der Waals surface area contributed by atoms with Gasteiger partial charge in [0.2, 0.25) is 5.91 Å². The van der Waals surface area contributed by atoms with Gasteiger partial charge in [0.25, 0.3) is 0 Å². The van der Waals surface area contributed by atoms with Crippen molar-refractivity contribution in [1.29, 1.82) is 0 Å². The summed E-state index contributed by atoms with van der Waals surface area (Å²) in [5, 5.41) is 12.5. The quantitative estimate of drug-likeness (QED) is 0.755. The fourth-order valence-corrected chi connectivity index (χ4v) is 2.24. The van der Waals surface area contributed by atoms with E-state index in [0.717, 1.165) is 38.6 Å². The zero-order chi connectivity index (χ0) is 12.0. The molecule has 0 aliphatic heterocycles. The van der Waals surface area contributed by atoms with Crippen molar-refractivity contribution in [2.75, 3.05) is 6.54 Å². The van der Waals surface area contributed by atoms with Gasteiger partial charge in [-0.15, -0.1) is 0 Å². The van der Waals surface area contributed by atoms with E-state index in [4.69, 9.17) is 0 Å². The highest BCUT2D eigenvalue weighted by Crippen LogP contribution is 2.23. The van der Waals surface area contributed by atoms with E-state index in [0.29, 0.717) is 18.3 Å². The van der Waals surface area contributed by atoms with Gasteiger partial charge in [0.15, 0.2) is 0 Å². The number of amides is 1. The number of rotatable bonds is 5. The Morgan fingerprint density at radius 3 is 2.88 bits per heavy atom. The average molecular weight is 227 g/mol. The lowest BCUT2D eigenvalue weighted by molar-refractivity contribution is -0.122. The van der Waals surface area contributed by atoms with Crippen LogP contribution in [0.1, 0.15) is 52.4 Å². The van der Waals surface area contributed by atoms with Crippen LogP contribution in [0.5, 0.6) is 0 Å². The number of carbonyl (C=O) groups is 1. The van der Waals surface area contributed by atoms with E-state index in [-0.39, 0.29) is 12.0 Å². The molecule has 1 saturated carbocycles. The Bertz CT molecular complexity index is 218. The molecule has 1 amide bonds. The van der Waals surface area contributed by atoms with Crippen LogP contribution >= 0.6 is 0 Å². The standard InChI is InChI=1S/C13H25NO2/c1-3-10(2)7-13(16)14-9-11-5-4-6-12(15)8-11/h10-12,15H,3-9H2,1-2H3,(H,14,16). The Kier molecular flexibility index (Phi) is 5.81. The second-order valence-corrected chi connectivity index (χ2v) is 5.21. The maximum atomic E-state index is 11.6. The molecule has 3 atom stereocenters. The summed E-state index contributed by atoms with van der Waals surface area (Å²) < 4.78 is 0. The molecule has 0 heterocycles. The van der Waals surface area contributed by atoms with Crippen LogP contribution in [0, 0.1) is 11.8 Å². The fraction of sp³-hybridized carbons (Fsp3) is 0.923. The van der Waals surface area contributed by atoms with Gasteiger partial charge < -0.3 is 10.4 Å².